The minimum Gasteiger partial charge on any atom is -0.382 e. The highest BCUT2D eigenvalue weighted by atomic mass is 14.9. The fourth-order valence-electron chi connectivity index (χ4n) is 3.83. The van der Waals surface area contributed by atoms with Crippen molar-refractivity contribution in [2.75, 3.05) is 5.32 Å². The minimum atomic E-state index is 0.648. The summed E-state index contributed by atoms with van der Waals surface area (Å²) in [6.07, 6.45) is 6.40. The molecular weight excluding hydrogens is 254 g/mol. The Hall–Kier alpha value is -1.76. The molecule has 0 unspecified atom stereocenters. The molecule has 0 spiro atoms. The van der Waals surface area contributed by atoms with Gasteiger partial charge >= 0.3 is 0 Å². The molecule has 4 rings (SSSR count). The summed E-state index contributed by atoms with van der Waals surface area (Å²) in [5, 5.41) is 3.72. The molecule has 0 heterocycles. The predicted molar refractivity (Wildman–Crippen MR) is 89.0 cm³/mol. The first-order valence-electron chi connectivity index (χ1n) is 8.23. The smallest absolute Gasteiger partial charge is 0.0345 e. The van der Waals surface area contributed by atoms with E-state index in [1.807, 2.05) is 0 Å². The number of hydrogen-bond acceptors (Lipinski definition) is 1. The van der Waals surface area contributed by atoms with Crippen LogP contribution < -0.4 is 5.32 Å². The van der Waals surface area contributed by atoms with Gasteiger partial charge in [-0.3, -0.25) is 0 Å². The van der Waals surface area contributed by atoms with Crippen LogP contribution >= 0.6 is 0 Å². The lowest BCUT2D eigenvalue weighted by Gasteiger charge is -2.37. The summed E-state index contributed by atoms with van der Waals surface area (Å²) in [6.45, 7) is 2.18. The number of fused-ring (bicyclic) bond motifs is 1. The van der Waals surface area contributed by atoms with E-state index in [-0.39, 0.29) is 0 Å². The molecule has 2 aliphatic rings. The van der Waals surface area contributed by atoms with E-state index in [4.69, 9.17) is 0 Å². The largest absolute Gasteiger partial charge is 0.382 e. The highest BCUT2D eigenvalue weighted by Gasteiger charge is 2.30. The lowest BCUT2D eigenvalue weighted by Crippen LogP contribution is -2.34. The maximum absolute atomic E-state index is 3.72. The quantitative estimate of drug-likeness (QED) is 0.846. The van der Waals surface area contributed by atoms with Gasteiger partial charge in [-0.05, 0) is 73.8 Å². The molecular formula is C20H23N. The second kappa shape index (κ2) is 5.22. The zero-order chi connectivity index (χ0) is 14.2. The minimum absolute atomic E-state index is 0.648. The van der Waals surface area contributed by atoms with Crippen LogP contribution in [0.5, 0.6) is 0 Å². The van der Waals surface area contributed by atoms with Crippen molar-refractivity contribution in [2.45, 2.75) is 51.0 Å². The van der Waals surface area contributed by atoms with Crippen LogP contribution in [0, 0.1) is 6.92 Å². The first kappa shape index (κ1) is 12.9. The second-order valence-corrected chi connectivity index (χ2v) is 6.76. The molecule has 1 N–H and O–H groups in total. The van der Waals surface area contributed by atoms with Crippen LogP contribution in [0.1, 0.15) is 47.4 Å². The Bertz CT molecular complexity index is 653. The third kappa shape index (κ3) is 2.57. The van der Waals surface area contributed by atoms with Gasteiger partial charge in [0.15, 0.2) is 0 Å². The molecule has 1 nitrogen and oxygen atoms in total. The Kier molecular flexibility index (Phi) is 3.21. The van der Waals surface area contributed by atoms with Crippen molar-refractivity contribution in [3.63, 3.8) is 0 Å². The first-order valence-corrected chi connectivity index (χ1v) is 8.23. The Morgan fingerprint density at radius 1 is 0.952 bits per heavy atom. The summed E-state index contributed by atoms with van der Waals surface area (Å²) in [5.41, 5.74) is 7.34. The standard InChI is InChI=1S/C20H23N/c1-14-4-2-6-16(10-14)18-12-20(13-18)21-19-9-8-15-5-3-7-17(15)11-19/h2,4,6,8-11,18,20-21H,3,5,7,12-13H2,1H3. The van der Waals surface area contributed by atoms with Crippen LogP contribution in [0.25, 0.3) is 0 Å². The van der Waals surface area contributed by atoms with E-state index < -0.39 is 0 Å². The molecule has 1 heteroatoms. The maximum atomic E-state index is 3.72. The van der Waals surface area contributed by atoms with Gasteiger partial charge in [0.25, 0.3) is 0 Å². The fourth-order valence-corrected chi connectivity index (χ4v) is 3.83. The highest BCUT2D eigenvalue weighted by Crippen LogP contribution is 2.39. The van der Waals surface area contributed by atoms with E-state index in [1.165, 1.54) is 48.9 Å². The summed E-state index contributed by atoms with van der Waals surface area (Å²) in [7, 11) is 0. The van der Waals surface area contributed by atoms with Crippen molar-refractivity contribution in [1.82, 2.24) is 0 Å². The average molecular weight is 277 g/mol. The van der Waals surface area contributed by atoms with Crippen molar-refractivity contribution < 1.29 is 0 Å². The molecule has 2 aromatic rings. The Morgan fingerprint density at radius 2 is 1.81 bits per heavy atom. The van der Waals surface area contributed by atoms with Crippen LogP contribution in [0.2, 0.25) is 0 Å². The van der Waals surface area contributed by atoms with Crippen molar-refractivity contribution in [3.05, 3.63) is 64.7 Å². The predicted octanol–water partition coefficient (Wildman–Crippen LogP) is 4.84. The van der Waals surface area contributed by atoms with Gasteiger partial charge in [0.05, 0.1) is 0 Å². The van der Waals surface area contributed by atoms with E-state index >= 15 is 0 Å². The van der Waals surface area contributed by atoms with Gasteiger partial charge in [-0.2, -0.15) is 0 Å². The third-order valence-corrected chi connectivity index (χ3v) is 5.12. The summed E-state index contributed by atoms with van der Waals surface area (Å²) in [4.78, 5) is 0. The van der Waals surface area contributed by atoms with Gasteiger partial charge in [-0.1, -0.05) is 35.9 Å². The first-order chi connectivity index (χ1) is 10.3. The number of hydrogen-bond donors (Lipinski definition) is 1. The summed E-state index contributed by atoms with van der Waals surface area (Å²) in [5.74, 6) is 0.747. The lowest BCUT2D eigenvalue weighted by molar-refractivity contribution is 0.374. The molecule has 0 bridgehead atoms. The Balaban J connectivity index is 1.38. The van der Waals surface area contributed by atoms with E-state index in [1.54, 1.807) is 11.1 Å². The number of benzene rings is 2. The molecule has 0 aromatic heterocycles. The zero-order valence-corrected chi connectivity index (χ0v) is 12.7. The summed E-state index contributed by atoms with van der Waals surface area (Å²) in [6, 6.07) is 16.6. The SMILES string of the molecule is Cc1cccc(C2CC(Nc3ccc4c(c3)CCC4)C2)c1. The topological polar surface area (TPSA) is 12.0 Å². The molecule has 0 radical (unpaired) electrons. The molecule has 0 aliphatic heterocycles. The van der Waals surface area contributed by atoms with Gasteiger partial charge in [0, 0.05) is 11.7 Å². The summed E-state index contributed by atoms with van der Waals surface area (Å²) >= 11 is 0. The number of rotatable bonds is 3. The van der Waals surface area contributed by atoms with Gasteiger partial charge in [-0.15, -0.1) is 0 Å². The molecule has 21 heavy (non-hydrogen) atoms. The van der Waals surface area contributed by atoms with Crippen LogP contribution in [0.15, 0.2) is 42.5 Å². The highest BCUT2D eigenvalue weighted by molar-refractivity contribution is 5.51. The molecule has 108 valence electrons. The van der Waals surface area contributed by atoms with E-state index in [0.29, 0.717) is 6.04 Å². The van der Waals surface area contributed by atoms with Crippen LogP contribution in [0.4, 0.5) is 5.69 Å². The number of aryl methyl sites for hydroxylation is 3. The van der Waals surface area contributed by atoms with Gasteiger partial charge in [-0.25, -0.2) is 0 Å². The van der Waals surface area contributed by atoms with E-state index in [0.717, 1.165) is 5.92 Å². The normalized spacial score (nSPS) is 23.5. The van der Waals surface area contributed by atoms with Crippen molar-refractivity contribution in [1.29, 1.82) is 0 Å². The van der Waals surface area contributed by atoms with E-state index in [2.05, 4.69) is 54.7 Å². The number of anilines is 1. The zero-order valence-electron chi connectivity index (χ0n) is 12.7. The van der Waals surface area contributed by atoms with E-state index in [9.17, 15) is 0 Å². The number of nitrogens with one attached hydrogen (secondary N) is 1. The van der Waals surface area contributed by atoms with Gasteiger partial charge in [0.2, 0.25) is 0 Å². The van der Waals surface area contributed by atoms with Crippen molar-refractivity contribution in [2.24, 2.45) is 0 Å². The maximum Gasteiger partial charge on any atom is 0.0345 e. The molecule has 1 saturated carbocycles. The Morgan fingerprint density at radius 3 is 2.67 bits per heavy atom. The Labute approximate surface area is 127 Å². The average Bonchev–Trinajstić information content (AvgIpc) is 2.89. The molecule has 0 atom stereocenters. The lowest BCUT2D eigenvalue weighted by atomic mass is 9.75. The van der Waals surface area contributed by atoms with Gasteiger partial charge < -0.3 is 5.32 Å². The second-order valence-electron chi connectivity index (χ2n) is 6.76. The van der Waals surface area contributed by atoms with Gasteiger partial charge in [0.1, 0.15) is 0 Å². The molecule has 1 fully saturated rings. The van der Waals surface area contributed by atoms with Crippen LogP contribution in [0.3, 0.4) is 0 Å². The molecule has 0 amide bonds. The summed E-state index contributed by atoms with van der Waals surface area (Å²) < 4.78 is 0. The fraction of sp³-hybridized carbons (Fsp3) is 0.400. The van der Waals surface area contributed by atoms with Crippen molar-refractivity contribution in [3.8, 4) is 0 Å². The van der Waals surface area contributed by atoms with Crippen LogP contribution in [-0.4, -0.2) is 6.04 Å². The monoisotopic (exact) mass is 277 g/mol. The van der Waals surface area contributed by atoms with Crippen molar-refractivity contribution >= 4 is 5.69 Å². The van der Waals surface area contributed by atoms with Crippen LogP contribution in [-0.2, 0) is 12.8 Å². The third-order valence-electron chi connectivity index (χ3n) is 5.12. The molecule has 2 aromatic carbocycles. The molecule has 2 aliphatic carbocycles. The molecule has 0 saturated heterocycles.